The van der Waals surface area contributed by atoms with Gasteiger partial charge in [0.1, 0.15) is 12.4 Å². The summed E-state index contributed by atoms with van der Waals surface area (Å²) in [4.78, 5) is 30.2. The molecule has 112 valence electrons. The molecule has 1 amide bonds. The highest BCUT2D eigenvalue weighted by Crippen LogP contribution is 2.13. The van der Waals surface area contributed by atoms with Gasteiger partial charge >= 0.3 is 0 Å². The maximum atomic E-state index is 11.6. The molecule has 0 radical (unpaired) electrons. The molecule has 0 aliphatic carbocycles. The molecule has 2 aromatic rings. The van der Waals surface area contributed by atoms with E-state index in [1.165, 1.54) is 17.9 Å². The Hall–Kier alpha value is -2.48. The smallest absolute Gasteiger partial charge is 0.252 e. The number of nitrogens with zero attached hydrogens (tertiary/aromatic N) is 3. The van der Waals surface area contributed by atoms with E-state index in [1.54, 1.807) is 13.0 Å². The lowest BCUT2D eigenvalue weighted by atomic mass is 10.3. The van der Waals surface area contributed by atoms with Crippen LogP contribution >= 0.6 is 0 Å². The lowest BCUT2D eigenvalue weighted by Crippen LogP contribution is -2.21. The van der Waals surface area contributed by atoms with Gasteiger partial charge < -0.3 is 10.1 Å². The average molecular weight is 291 g/mol. The van der Waals surface area contributed by atoms with Gasteiger partial charge in [-0.25, -0.2) is 4.98 Å². The number of ether oxygens (including phenoxy) is 1. The Labute approximate surface area is 121 Å². The predicted molar refractivity (Wildman–Crippen MR) is 76.6 cm³/mol. The van der Waals surface area contributed by atoms with Crippen LogP contribution in [0.2, 0.25) is 0 Å². The molecule has 21 heavy (non-hydrogen) atoms. The summed E-state index contributed by atoms with van der Waals surface area (Å²) in [6.45, 7) is 3.62. The molecule has 0 unspecified atom stereocenters. The Morgan fingerprint density at radius 2 is 2.24 bits per heavy atom. The van der Waals surface area contributed by atoms with Crippen molar-refractivity contribution >= 4 is 11.7 Å². The van der Waals surface area contributed by atoms with Crippen LogP contribution in [0.25, 0.3) is 5.95 Å². The van der Waals surface area contributed by atoms with Crippen molar-refractivity contribution < 1.29 is 9.53 Å². The molecule has 0 aliphatic rings. The molecule has 2 rings (SSSR count). The zero-order chi connectivity index (χ0) is 15.4. The van der Waals surface area contributed by atoms with Crippen LogP contribution in [-0.2, 0) is 16.0 Å². The number of carbonyl (C=O) groups excluding carboxylic acids is 1. The molecule has 2 aromatic heterocycles. The van der Waals surface area contributed by atoms with E-state index in [-0.39, 0.29) is 24.0 Å². The molecule has 0 bridgehead atoms. The number of aryl methyl sites for hydroxylation is 2. The van der Waals surface area contributed by atoms with Gasteiger partial charge in [0.15, 0.2) is 0 Å². The fourth-order valence-corrected chi connectivity index (χ4v) is 1.84. The molecule has 0 aliphatic heterocycles. The lowest BCUT2D eigenvalue weighted by molar-refractivity contribution is -0.119. The summed E-state index contributed by atoms with van der Waals surface area (Å²) in [7, 11) is 1.44. The number of anilines is 1. The van der Waals surface area contributed by atoms with Crippen molar-refractivity contribution in [1.82, 2.24) is 19.7 Å². The van der Waals surface area contributed by atoms with Gasteiger partial charge in [0.05, 0.1) is 5.69 Å². The largest absolute Gasteiger partial charge is 0.375 e. The molecule has 0 saturated carbocycles. The standard InChI is InChI=1S/C13H17N5O3/c1-4-9-6-11(19)16-13(14-9)18-10(5-8(2)17-18)15-12(20)7-21-3/h5-6H,4,7H2,1-3H3,(H,15,20)(H,14,16,19). The first-order chi connectivity index (χ1) is 10.0. The Bertz CT molecular complexity index is 704. The monoisotopic (exact) mass is 291 g/mol. The number of aromatic nitrogens is 4. The predicted octanol–water partition coefficient (Wildman–Crippen LogP) is 0.411. The van der Waals surface area contributed by atoms with Gasteiger partial charge in [-0.15, -0.1) is 0 Å². The zero-order valence-electron chi connectivity index (χ0n) is 12.1. The van der Waals surface area contributed by atoms with Gasteiger partial charge in [0, 0.05) is 24.9 Å². The highest BCUT2D eigenvalue weighted by molar-refractivity contribution is 5.91. The highest BCUT2D eigenvalue weighted by atomic mass is 16.5. The number of amides is 1. The molecule has 8 heteroatoms. The maximum absolute atomic E-state index is 11.6. The van der Waals surface area contributed by atoms with Crippen molar-refractivity contribution in [2.45, 2.75) is 20.3 Å². The third kappa shape index (κ3) is 3.54. The minimum Gasteiger partial charge on any atom is -0.375 e. The Balaban J connectivity index is 2.42. The van der Waals surface area contributed by atoms with Crippen molar-refractivity contribution in [2.75, 3.05) is 19.0 Å². The van der Waals surface area contributed by atoms with Crippen LogP contribution < -0.4 is 10.9 Å². The van der Waals surface area contributed by atoms with E-state index in [0.29, 0.717) is 23.6 Å². The van der Waals surface area contributed by atoms with Gasteiger partial charge in [0.2, 0.25) is 5.95 Å². The van der Waals surface area contributed by atoms with E-state index in [4.69, 9.17) is 4.74 Å². The fourth-order valence-electron chi connectivity index (χ4n) is 1.84. The second-order valence-corrected chi connectivity index (χ2v) is 4.48. The summed E-state index contributed by atoms with van der Waals surface area (Å²) < 4.78 is 6.16. The number of carbonyl (C=O) groups is 1. The maximum Gasteiger partial charge on any atom is 0.252 e. The lowest BCUT2D eigenvalue weighted by Gasteiger charge is -2.08. The number of aromatic amines is 1. The quantitative estimate of drug-likeness (QED) is 0.830. The summed E-state index contributed by atoms with van der Waals surface area (Å²) in [5.41, 5.74) is 1.07. The van der Waals surface area contributed by atoms with Gasteiger partial charge in [-0.2, -0.15) is 9.78 Å². The number of rotatable bonds is 5. The van der Waals surface area contributed by atoms with Crippen molar-refractivity contribution in [2.24, 2.45) is 0 Å². The van der Waals surface area contributed by atoms with Crippen LogP contribution in [0.4, 0.5) is 5.82 Å². The third-order valence-corrected chi connectivity index (χ3v) is 2.72. The molecule has 0 fully saturated rings. The molecule has 0 spiro atoms. The number of nitrogens with one attached hydrogen (secondary N) is 2. The second kappa shape index (κ2) is 6.31. The highest BCUT2D eigenvalue weighted by Gasteiger charge is 2.13. The van der Waals surface area contributed by atoms with Crippen molar-refractivity contribution in [3.8, 4) is 5.95 Å². The summed E-state index contributed by atoms with van der Waals surface area (Å²) in [5.74, 6) is 0.374. The number of hydrogen-bond donors (Lipinski definition) is 2. The Kier molecular flexibility index (Phi) is 4.49. The first-order valence-corrected chi connectivity index (χ1v) is 6.49. The van der Waals surface area contributed by atoms with Gasteiger partial charge in [-0.1, -0.05) is 6.92 Å². The molecule has 0 aromatic carbocycles. The third-order valence-electron chi connectivity index (χ3n) is 2.72. The summed E-state index contributed by atoms with van der Waals surface area (Å²) >= 11 is 0. The Morgan fingerprint density at radius 3 is 2.90 bits per heavy atom. The van der Waals surface area contributed by atoms with Gasteiger partial charge in [-0.05, 0) is 13.3 Å². The van der Waals surface area contributed by atoms with E-state index in [1.807, 2.05) is 6.92 Å². The summed E-state index contributed by atoms with van der Waals surface area (Å²) in [6.07, 6.45) is 0.628. The average Bonchev–Trinajstić information content (AvgIpc) is 2.79. The van der Waals surface area contributed by atoms with E-state index in [9.17, 15) is 9.59 Å². The van der Waals surface area contributed by atoms with Crippen LogP contribution in [0.1, 0.15) is 18.3 Å². The molecule has 2 N–H and O–H groups in total. The first kappa shape index (κ1) is 14.9. The fraction of sp³-hybridized carbons (Fsp3) is 0.385. The molecule has 8 nitrogen and oxygen atoms in total. The zero-order valence-corrected chi connectivity index (χ0v) is 12.1. The van der Waals surface area contributed by atoms with E-state index in [0.717, 1.165) is 0 Å². The van der Waals surface area contributed by atoms with Crippen LogP contribution in [0.15, 0.2) is 16.9 Å². The SMILES string of the molecule is CCc1cc(=O)[nH]c(-n2nc(C)cc2NC(=O)COC)n1. The first-order valence-electron chi connectivity index (χ1n) is 6.49. The van der Waals surface area contributed by atoms with Crippen molar-refractivity contribution in [3.05, 3.63) is 33.9 Å². The number of methoxy groups -OCH3 is 1. The van der Waals surface area contributed by atoms with Crippen LogP contribution in [0.3, 0.4) is 0 Å². The van der Waals surface area contributed by atoms with Crippen LogP contribution in [-0.4, -0.2) is 39.4 Å². The molecule has 0 atom stereocenters. The van der Waals surface area contributed by atoms with E-state index < -0.39 is 0 Å². The molecular formula is C13H17N5O3. The topological polar surface area (TPSA) is 102 Å². The summed E-state index contributed by atoms with van der Waals surface area (Å²) in [5, 5.41) is 6.90. The van der Waals surface area contributed by atoms with Crippen LogP contribution in [0, 0.1) is 6.92 Å². The molecule has 0 saturated heterocycles. The minimum absolute atomic E-state index is 0.0663. The molecular weight excluding hydrogens is 274 g/mol. The van der Waals surface area contributed by atoms with Gasteiger partial charge in [-0.3, -0.25) is 14.6 Å². The minimum atomic E-state index is -0.312. The number of H-pyrrole nitrogens is 1. The molecule has 2 heterocycles. The van der Waals surface area contributed by atoms with Gasteiger partial charge in [0.25, 0.3) is 11.5 Å². The Morgan fingerprint density at radius 1 is 1.48 bits per heavy atom. The van der Waals surface area contributed by atoms with Crippen LogP contribution in [0.5, 0.6) is 0 Å². The normalized spacial score (nSPS) is 10.6. The number of hydrogen-bond acceptors (Lipinski definition) is 5. The van der Waals surface area contributed by atoms with Crippen molar-refractivity contribution in [3.63, 3.8) is 0 Å². The second-order valence-electron chi connectivity index (χ2n) is 4.48. The summed E-state index contributed by atoms with van der Waals surface area (Å²) in [6, 6.07) is 3.12. The van der Waals surface area contributed by atoms with E-state index in [2.05, 4.69) is 20.4 Å². The van der Waals surface area contributed by atoms with E-state index >= 15 is 0 Å². The van der Waals surface area contributed by atoms with Crippen molar-refractivity contribution in [1.29, 1.82) is 0 Å².